The number of hydrogen-bond donors (Lipinski definition) is 1. The number of hydrogen-bond acceptors (Lipinski definition) is 7. The number of aromatic nitrogens is 1. The van der Waals surface area contributed by atoms with Gasteiger partial charge in [-0.2, -0.15) is 5.26 Å². The van der Waals surface area contributed by atoms with Crippen molar-refractivity contribution in [3.05, 3.63) is 132 Å². The smallest absolute Gasteiger partial charge is 0.273 e. The molecule has 0 unspecified atom stereocenters. The maximum absolute atomic E-state index is 13.6. The average Bonchev–Trinajstić information content (AvgIpc) is 3.55. The zero-order chi connectivity index (χ0) is 28.2. The summed E-state index contributed by atoms with van der Waals surface area (Å²) in [5.74, 6) is 0.192. The lowest BCUT2D eigenvalue weighted by molar-refractivity contribution is -0.384. The first-order chi connectivity index (χ1) is 19.4. The minimum absolute atomic E-state index is 0.0364. The number of aryl methyl sites for hydroxylation is 1. The van der Waals surface area contributed by atoms with Crippen LogP contribution < -0.4 is 20.1 Å². The zero-order valence-electron chi connectivity index (χ0n) is 21.0. The Morgan fingerprint density at radius 3 is 2.40 bits per heavy atom. The fourth-order valence-electron chi connectivity index (χ4n) is 4.02. The van der Waals surface area contributed by atoms with E-state index in [9.17, 15) is 25.0 Å². The number of benzene rings is 3. The number of amides is 1. The van der Waals surface area contributed by atoms with Crippen LogP contribution in [-0.2, 0) is 4.79 Å². The van der Waals surface area contributed by atoms with E-state index in [4.69, 9.17) is 4.42 Å². The highest BCUT2D eigenvalue weighted by Gasteiger charge is 2.18. The van der Waals surface area contributed by atoms with E-state index in [1.54, 1.807) is 72.8 Å². The van der Waals surface area contributed by atoms with Crippen molar-refractivity contribution >= 4 is 40.3 Å². The SMILES string of the molecule is Cc1ccccc1NC(=O)/C(C#N)=c1/s/c(=C/c2ccc(-c3ccc([N+](=O)[O-])cc3)o2)c(=O)n1-c1ccccc1. The van der Waals surface area contributed by atoms with Crippen molar-refractivity contribution in [3.8, 4) is 23.1 Å². The van der Waals surface area contributed by atoms with Crippen molar-refractivity contribution in [2.75, 3.05) is 5.32 Å². The van der Waals surface area contributed by atoms with Crippen LogP contribution in [-0.4, -0.2) is 15.4 Å². The van der Waals surface area contributed by atoms with Crippen molar-refractivity contribution in [3.63, 3.8) is 0 Å². The predicted octanol–water partition coefficient (Wildman–Crippen LogP) is 4.52. The second-order valence-electron chi connectivity index (χ2n) is 8.65. The Labute approximate surface area is 231 Å². The molecule has 0 spiro atoms. The summed E-state index contributed by atoms with van der Waals surface area (Å²) in [6.45, 7) is 1.84. The van der Waals surface area contributed by atoms with Crippen LogP contribution >= 0.6 is 11.3 Å². The van der Waals surface area contributed by atoms with Crippen molar-refractivity contribution < 1.29 is 14.1 Å². The number of carbonyl (C=O) groups is 1. The van der Waals surface area contributed by atoms with E-state index < -0.39 is 16.4 Å². The molecule has 40 heavy (non-hydrogen) atoms. The molecule has 0 aliphatic carbocycles. The van der Waals surface area contributed by atoms with Gasteiger partial charge >= 0.3 is 0 Å². The average molecular weight is 549 g/mol. The lowest BCUT2D eigenvalue weighted by atomic mass is 10.1. The summed E-state index contributed by atoms with van der Waals surface area (Å²) in [4.78, 5) is 37.3. The van der Waals surface area contributed by atoms with E-state index in [-0.39, 0.29) is 20.5 Å². The van der Waals surface area contributed by atoms with Crippen LogP contribution in [0.15, 0.2) is 100 Å². The van der Waals surface area contributed by atoms with Crippen LogP contribution in [0, 0.1) is 28.4 Å². The maximum Gasteiger partial charge on any atom is 0.273 e. The first-order valence-electron chi connectivity index (χ1n) is 12.0. The van der Waals surface area contributed by atoms with Gasteiger partial charge in [0.15, 0.2) is 5.57 Å². The Morgan fingerprint density at radius 2 is 1.73 bits per heavy atom. The number of nitrogens with zero attached hydrogens (tertiary/aromatic N) is 3. The van der Waals surface area contributed by atoms with E-state index in [2.05, 4.69) is 5.32 Å². The van der Waals surface area contributed by atoms with Gasteiger partial charge in [0, 0.05) is 29.5 Å². The number of rotatable bonds is 6. The third-order valence-corrected chi connectivity index (χ3v) is 7.14. The van der Waals surface area contributed by atoms with Crippen molar-refractivity contribution in [2.24, 2.45) is 0 Å². The van der Waals surface area contributed by atoms with Gasteiger partial charge in [0.2, 0.25) is 0 Å². The highest BCUT2D eigenvalue weighted by molar-refractivity contribution is 7.07. The van der Waals surface area contributed by atoms with Gasteiger partial charge in [-0.1, -0.05) is 36.4 Å². The first kappa shape index (κ1) is 26.1. The van der Waals surface area contributed by atoms with E-state index in [1.165, 1.54) is 16.7 Å². The molecule has 1 amide bonds. The number of carbonyl (C=O) groups excluding carboxylic acids is 1. The molecule has 10 heteroatoms. The molecule has 9 nitrogen and oxygen atoms in total. The molecule has 0 fully saturated rings. The third-order valence-electron chi connectivity index (χ3n) is 6.05. The maximum atomic E-state index is 13.6. The molecule has 2 heterocycles. The molecule has 0 atom stereocenters. The topological polar surface area (TPSA) is 131 Å². The summed E-state index contributed by atoms with van der Waals surface area (Å²) in [5, 5.41) is 23.7. The van der Waals surface area contributed by atoms with E-state index in [1.807, 2.05) is 25.1 Å². The van der Waals surface area contributed by atoms with Crippen molar-refractivity contribution in [2.45, 2.75) is 6.92 Å². The van der Waals surface area contributed by atoms with Gasteiger partial charge in [-0.05, 0) is 55.0 Å². The monoisotopic (exact) mass is 548 g/mol. The summed E-state index contributed by atoms with van der Waals surface area (Å²) >= 11 is 1.00. The Bertz CT molecular complexity index is 1960. The van der Waals surface area contributed by atoms with Gasteiger partial charge in [-0.15, -0.1) is 11.3 Å². The summed E-state index contributed by atoms with van der Waals surface area (Å²) in [5.41, 5.74) is 1.86. The van der Waals surface area contributed by atoms with Gasteiger partial charge in [-0.25, -0.2) is 0 Å². The molecule has 0 aliphatic heterocycles. The van der Waals surface area contributed by atoms with Gasteiger partial charge in [-0.3, -0.25) is 24.3 Å². The zero-order valence-corrected chi connectivity index (χ0v) is 21.8. The molecular formula is C30H20N4O5S. The number of thiazole rings is 1. The number of furan rings is 1. The van der Waals surface area contributed by atoms with Crippen molar-refractivity contribution in [1.82, 2.24) is 4.57 Å². The van der Waals surface area contributed by atoms with Crippen LogP contribution in [0.5, 0.6) is 0 Å². The number of nitro groups is 1. The molecule has 5 rings (SSSR count). The Morgan fingerprint density at radius 1 is 1.02 bits per heavy atom. The summed E-state index contributed by atoms with van der Waals surface area (Å²) in [6, 6.07) is 27.2. The molecule has 0 bridgehead atoms. The fourth-order valence-corrected chi connectivity index (χ4v) is 5.10. The standard InChI is InChI=1S/C30H20N4O5S/c1-19-7-5-6-10-25(19)32-28(35)24(18-31)30-33(21-8-3-2-4-9-21)29(36)27(40-30)17-23-15-16-26(39-23)20-11-13-22(14-12-20)34(37)38/h2-17H,1H3,(H,32,35)/b27-17+,30-24+. The molecular weight excluding hydrogens is 528 g/mol. The number of nitro benzene ring substituents is 1. The quantitative estimate of drug-likeness (QED) is 0.245. The highest BCUT2D eigenvalue weighted by atomic mass is 32.1. The van der Waals surface area contributed by atoms with Gasteiger partial charge in [0.25, 0.3) is 17.2 Å². The molecule has 0 radical (unpaired) electrons. The Kier molecular flexibility index (Phi) is 7.22. The van der Waals surface area contributed by atoms with Crippen LogP contribution in [0.3, 0.4) is 0 Å². The van der Waals surface area contributed by atoms with E-state index in [0.29, 0.717) is 28.5 Å². The molecule has 0 saturated heterocycles. The molecule has 1 N–H and O–H groups in total. The Hall–Kier alpha value is -5.53. The van der Waals surface area contributed by atoms with Gasteiger partial charge in [0.05, 0.1) is 15.1 Å². The number of anilines is 1. The molecule has 196 valence electrons. The second kappa shape index (κ2) is 11.1. The predicted molar refractivity (Wildman–Crippen MR) is 152 cm³/mol. The van der Waals surface area contributed by atoms with Crippen LogP contribution in [0.25, 0.3) is 28.7 Å². The number of non-ortho nitro benzene ring substituents is 1. The number of nitriles is 1. The van der Waals surface area contributed by atoms with Crippen LogP contribution in [0.1, 0.15) is 11.3 Å². The Balaban J connectivity index is 1.63. The lowest BCUT2D eigenvalue weighted by Crippen LogP contribution is -2.32. The minimum Gasteiger partial charge on any atom is -0.457 e. The second-order valence-corrected chi connectivity index (χ2v) is 9.68. The highest BCUT2D eigenvalue weighted by Crippen LogP contribution is 2.24. The van der Waals surface area contributed by atoms with Crippen LogP contribution in [0.2, 0.25) is 0 Å². The molecule has 3 aromatic carbocycles. The third kappa shape index (κ3) is 5.22. The normalized spacial score (nSPS) is 12.1. The van der Waals surface area contributed by atoms with Crippen LogP contribution in [0.4, 0.5) is 11.4 Å². The number of para-hydroxylation sites is 2. The molecule has 2 aromatic heterocycles. The molecule has 0 saturated carbocycles. The van der Waals surface area contributed by atoms with E-state index >= 15 is 0 Å². The van der Waals surface area contributed by atoms with Gasteiger partial charge < -0.3 is 9.73 Å². The number of nitrogens with one attached hydrogen (secondary N) is 1. The fraction of sp³-hybridized carbons (Fsp3) is 0.0333. The summed E-state index contributed by atoms with van der Waals surface area (Å²) in [7, 11) is 0. The van der Waals surface area contributed by atoms with Crippen molar-refractivity contribution in [1.29, 1.82) is 5.26 Å². The first-order valence-corrected chi connectivity index (χ1v) is 12.8. The molecule has 5 aromatic rings. The lowest BCUT2D eigenvalue weighted by Gasteiger charge is -2.08. The van der Waals surface area contributed by atoms with Gasteiger partial charge in [0.1, 0.15) is 22.3 Å². The van der Waals surface area contributed by atoms with E-state index in [0.717, 1.165) is 16.9 Å². The summed E-state index contributed by atoms with van der Waals surface area (Å²) in [6.07, 6.45) is 1.54. The molecule has 0 aliphatic rings. The summed E-state index contributed by atoms with van der Waals surface area (Å²) < 4.78 is 7.66. The largest absolute Gasteiger partial charge is 0.457 e. The minimum atomic E-state index is -0.632.